The number of carbonyl (C=O) groups is 1. The molecule has 8 heteroatoms. The second-order valence-electron chi connectivity index (χ2n) is 5.99. The van der Waals surface area contributed by atoms with Gasteiger partial charge in [0.05, 0.1) is 4.90 Å². The summed E-state index contributed by atoms with van der Waals surface area (Å²) < 4.78 is 23.0. The number of hydrogen-bond acceptors (Lipinski definition) is 4. The van der Waals surface area contributed by atoms with Gasteiger partial charge in [-0.05, 0) is 43.4 Å². The van der Waals surface area contributed by atoms with Gasteiger partial charge in [-0.1, -0.05) is 18.9 Å². The van der Waals surface area contributed by atoms with Gasteiger partial charge in [0.25, 0.3) is 0 Å². The molecule has 0 aromatic heterocycles. The van der Waals surface area contributed by atoms with Crippen LogP contribution in [-0.4, -0.2) is 20.4 Å². The number of halogens is 1. The molecular weight excluding hydrogens is 338 g/mol. The number of rotatable bonds is 4. The van der Waals surface area contributed by atoms with E-state index in [4.69, 9.17) is 10.9 Å². The highest BCUT2D eigenvalue weighted by molar-refractivity contribution is 7.89. The van der Waals surface area contributed by atoms with Crippen LogP contribution in [0, 0.1) is 12.8 Å². The van der Waals surface area contributed by atoms with Crippen molar-refractivity contribution in [1.29, 1.82) is 0 Å². The minimum Gasteiger partial charge on any atom is -0.327 e. The molecule has 0 saturated heterocycles. The molecule has 2 rings (SSSR count). The van der Waals surface area contributed by atoms with Crippen LogP contribution in [0.15, 0.2) is 23.1 Å². The second-order valence-corrected chi connectivity index (χ2v) is 7.52. The quantitative estimate of drug-likeness (QED) is 0.759. The first-order chi connectivity index (χ1) is 10.3. The number of benzene rings is 1. The van der Waals surface area contributed by atoms with E-state index in [1.54, 1.807) is 19.1 Å². The van der Waals surface area contributed by atoms with Crippen LogP contribution in [0.1, 0.15) is 37.7 Å². The number of aryl methyl sites for hydroxylation is 1. The predicted molar refractivity (Wildman–Crippen MR) is 93.0 cm³/mol. The lowest BCUT2D eigenvalue weighted by Gasteiger charge is -2.27. The summed E-state index contributed by atoms with van der Waals surface area (Å²) in [6.45, 7) is 1.66. The lowest BCUT2D eigenvalue weighted by molar-refractivity contribution is -0.117. The van der Waals surface area contributed by atoms with Crippen LogP contribution in [0.3, 0.4) is 0 Å². The van der Waals surface area contributed by atoms with Gasteiger partial charge in [-0.3, -0.25) is 4.79 Å². The van der Waals surface area contributed by atoms with E-state index < -0.39 is 10.0 Å². The molecule has 1 fully saturated rings. The summed E-state index contributed by atoms with van der Waals surface area (Å²) in [5.41, 5.74) is 7.03. The number of sulfonamides is 1. The van der Waals surface area contributed by atoms with Gasteiger partial charge in [0, 0.05) is 18.2 Å². The summed E-state index contributed by atoms with van der Waals surface area (Å²) in [7, 11) is -3.80. The largest absolute Gasteiger partial charge is 0.327 e. The fourth-order valence-electron chi connectivity index (χ4n) is 2.92. The third-order valence-corrected chi connectivity index (χ3v) is 5.25. The molecule has 1 amide bonds. The van der Waals surface area contributed by atoms with E-state index in [0.29, 0.717) is 17.7 Å². The molecule has 23 heavy (non-hydrogen) atoms. The fraction of sp³-hybridized carbons (Fsp3) is 0.533. The van der Waals surface area contributed by atoms with Crippen LogP contribution in [-0.2, 0) is 14.8 Å². The minimum absolute atomic E-state index is 0. The Kier molecular flexibility index (Phi) is 7.01. The Bertz CT molecular complexity index is 664. The first-order valence-electron chi connectivity index (χ1n) is 7.46. The number of anilines is 1. The monoisotopic (exact) mass is 361 g/mol. The van der Waals surface area contributed by atoms with Crippen molar-refractivity contribution in [3.8, 4) is 0 Å². The summed E-state index contributed by atoms with van der Waals surface area (Å²) in [4.78, 5) is 12.2. The van der Waals surface area contributed by atoms with Crippen molar-refractivity contribution in [2.75, 3.05) is 5.32 Å². The van der Waals surface area contributed by atoms with Gasteiger partial charge < -0.3 is 11.1 Å². The van der Waals surface area contributed by atoms with E-state index in [1.807, 2.05) is 0 Å². The van der Waals surface area contributed by atoms with Crippen LogP contribution in [0.25, 0.3) is 0 Å². The lowest BCUT2D eigenvalue weighted by atomic mass is 9.83. The Morgan fingerprint density at radius 2 is 1.96 bits per heavy atom. The highest BCUT2D eigenvalue weighted by Gasteiger charge is 2.24. The number of hydrogen-bond donors (Lipinski definition) is 3. The first-order valence-corrected chi connectivity index (χ1v) is 9.01. The molecule has 1 aromatic carbocycles. The molecule has 6 nitrogen and oxygen atoms in total. The molecule has 1 saturated carbocycles. The average molecular weight is 362 g/mol. The molecule has 0 bridgehead atoms. The minimum atomic E-state index is -3.80. The number of amides is 1. The van der Waals surface area contributed by atoms with Gasteiger partial charge in [0.2, 0.25) is 15.9 Å². The standard InChI is InChI=1S/C15H23N3O3S.ClH/c1-10-6-7-12(9-14(10)22(17,20)21)18-15(19)8-11-4-2-3-5-13(11)16;/h6-7,9,11,13H,2-5,8,16H2,1H3,(H,18,19)(H2,17,20,21);1H. The Balaban J connectivity index is 0.00000264. The average Bonchev–Trinajstić information content (AvgIpc) is 2.42. The third kappa shape index (κ3) is 5.46. The van der Waals surface area contributed by atoms with Gasteiger partial charge in [0.15, 0.2) is 0 Å². The number of nitrogens with one attached hydrogen (secondary N) is 1. The molecule has 0 heterocycles. The van der Waals surface area contributed by atoms with Crippen molar-refractivity contribution in [3.63, 3.8) is 0 Å². The molecule has 1 aromatic rings. The van der Waals surface area contributed by atoms with Crippen molar-refractivity contribution >= 4 is 34.0 Å². The topological polar surface area (TPSA) is 115 Å². The van der Waals surface area contributed by atoms with Crippen molar-refractivity contribution in [1.82, 2.24) is 0 Å². The molecule has 0 aliphatic heterocycles. The Labute approximate surface area is 143 Å². The van der Waals surface area contributed by atoms with Crippen LogP contribution in [0.5, 0.6) is 0 Å². The zero-order chi connectivity index (χ0) is 16.3. The van der Waals surface area contributed by atoms with Crippen molar-refractivity contribution in [2.24, 2.45) is 16.8 Å². The smallest absolute Gasteiger partial charge is 0.238 e. The van der Waals surface area contributed by atoms with Gasteiger partial charge >= 0.3 is 0 Å². The van der Waals surface area contributed by atoms with Gasteiger partial charge in [-0.15, -0.1) is 12.4 Å². The van der Waals surface area contributed by atoms with Crippen molar-refractivity contribution < 1.29 is 13.2 Å². The van der Waals surface area contributed by atoms with Crippen molar-refractivity contribution in [3.05, 3.63) is 23.8 Å². The molecule has 2 unspecified atom stereocenters. The summed E-state index contributed by atoms with van der Waals surface area (Å²) in [6.07, 6.45) is 4.50. The summed E-state index contributed by atoms with van der Waals surface area (Å²) in [6, 6.07) is 4.76. The molecular formula is C15H24ClN3O3S. The number of carbonyl (C=O) groups excluding carboxylic acids is 1. The molecule has 1 aliphatic carbocycles. The lowest BCUT2D eigenvalue weighted by Crippen LogP contribution is -2.35. The van der Waals surface area contributed by atoms with E-state index in [1.165, 1.54) is 6.07 Å². The molecule has 0 radical (unpaired) electrons. The maximum atomic E-state index is 12.1. The third-order valence-electron chi connectivity index (χ3n) is 4.19. The number of nitrogens with two attached hydrogens (primary N) is 2. The molecule has 5 N–H and O–H groups in total. The highest BCUT2D eigenvalue weighted by atomic mass is 35.5. The fourth-order valence-corrected chi connectivity index (χ4v) is 3.73. The Morgan fingerprint density at radius 1 is 1.30 bits per heavy atom. The Hall–Kier alpha value is -1.15. The maximum absolute atomic E-state index is 12.1. The van der Waals surface area contributed by atoms with E-state index in [2.05, 4.69) is 5.32 Å². The zero-order valence-corrected chi connectivity index (χ0v) is 14.8. The highest BCUT2D eigenvalue weighted by Crippen LogP contribution is 2.26. The van der Waals surface area contributed by atoms with Gasteiger partial charge in [-0.25, -0.2) is 13.6 Å². The van der Waals surface area contributed by atoms with E-state index in [0.717, 1.165) is 25.7 Å². The van der Waals surface area contributed by atoms with Crippen molar-refractivity contribution in [2.45, 2.75) is 50.0 Å². The number of primary sulfonamides is 1. The normalized spacial score (nSPS) is 21.3. The summed E-state index contributed by atoms with van der Waals surface area (Å²) in [5.74, 6) is 0.0449. The second kappa shape index (κ2) is 8.10. The van der Waals surface area contributed by atoms with Gasteiger partial charge in [-0.2, -0.15) is 0 Å². The Morgan fingerprint density at radius 3 is 2.57 bits per heavy atom. The van der Waals surface area contributed by atoms with E-state index in [-0.39, 0.29) is 35.2 Å². The van der Waals surface area contributed by atoms with Crippen LogP contribution >= 0.6 is 12.4 Å². The van der Waals surface area contributed by atoms with E-state index >= 15 is 0 Å². The van der Waals surface area contributed by atoms with E-state index in [9.17, 15) is 13.2 Å². The molecule has 0 spiro atoms. The summed E-state index contributed by atoms with van der Waals surface area (Å²) >= 11 is 0. The SMILES string of the molecule is Cc1ccc(NC(=O)CC2CCCCC2N)cc1S(N)(=O)=O.Cl. The molecule has 1 aliphatic rings. The predicted octanol–water partition coefficient (Wildman–Crippen LogP) is 1.91. The zero-order valence-electron chi connectivity index (χ0n) is 13.1. The maximum Gasteiger partial charge on any atom is 0.238 e. The first kappa shape index (κ1) is 19.9. The molecule has 2 atom stereocenters. The molecule has 130 valence electrons. The summed E-state index contributed by atoms with van der Waals surface area (Å²) in [5, 5.41) is 7.90. The van der Waals surface area contributed by atoms with Crippen LogP contribution in [0.2, 0.25) is 0 Å². The van der Waals surface area contributed by atoms with Crippen LogP contribution in [0.4, 0.5) is 5.69 Å². The van der Waals surface area contributed by atoms with Crippen LogP contribution < -0.4 is 16.2 Å². The van der Waals surface area contributed by atoms with Gasteiger partial charge in [0.1, 0.15) is 0 Å².